The van der Waals surface area contributed by atoms with Crippen LogP contribution >= 0.6 is 0 Å². The van der Waals surface area contributed by atoms with E-state index >= 15 is 0 Å². The molecule has 1 heterocycles. The normalized spacial score (nSPS) is 11.9. The van der Waals surface area contributed by atoms with Crippen LogP contribution in [0.3, 0.4) is 0 Å². The summed E-state index contributed by atoms with van der Waals surface area (Å²) in [6.45, 7) is 4.09. The van der Waals surface area contributed by atoms with E-state index in [4.69, 9.17) is 15.2 Å². The first-order valence-electron chi connectivity index (χ1n) is 9.85. The van der Waals surface area contributed by atoms with Gasteiger partial charge in [-0.3, -0.25) is 4.79 Å². The number of pyridine rings is 1. The number of fused-ring (bicyclic) bond motifs is 1. The number of amides is 1. The van der Waals surface area contributed by atoms with Crippen molar-refractivity contribution in [3.8, 4) is 11.6 Å². The molecule has 150 valence electrons. The predicted octanol–water partition coefficient (Wildman–Crippen LogP) is 5.22. The summed E-state index contributed by atoms with van der Waals surface area (Å²) in [6, 6.07) is 7.70. The molecule has 0 radical (unpaired) electrons. The van der Waals surface area contributed by atoms with Crippen molar-refractivity contribution in [2.75, 3.05) is 7.11 Å². The molecule has 28 heavy (non-hydrogen) atoms. The molecule has 1 aromatic carbocycles. The number of primary amides is 1. The monoisotopic (exact) mass is 382 g/mol. The molecule has 2 N–H and O–H groups in total. The number of hydrogen-bond acceptors (Lipinski definition) is 4. The maximum absolute atomic E-state index is 11.4. The number of allylic oxidation sites excluding steroid dienone is 2. The fourth-order valence-electron chi connectivity index (χ4n) is 3.05. The van der Waals surface area contributed by atoms with Gasteiger partial charge in [-0.05, 0) is 38.0 Å². The van der Waals surface area contributed by atoms with Crippen molar-refractivity contribution in [2.45, 2.75) is 52.4 Å². The molecule has 0 spiro atoms. The minimum Gasteiger partial charge on any atom is -0.496 e. The first-order chi connectivity index (χ1) is 13.6. The van der Waals surface area contributed by atoms with Gasteiger partial charge in [-0.15, -0.1) is 0 Å². The zero-order chi connectivity index (χ0) is 20.4. The van der Waals surface area contributed by atoms with Crippen molar-refractivity contribution < 1.29 is 14.3 Å². The molecule has 0 atom stereocenters. The molecular formula is C23H30N2O3. The number of hydrogen-bond donors (Lipinski definition) is 1. The Bertz CT molecular complexity index is 856. The van der Waals surface area contributed by atoms with E-state index in [-0.39, 0.29) is 0 Å². The Morgan fingerprint density at radius 1 is 1.18 bits per heavy atom. The van der Waals surface area contributed by atoms with Crippen molar-refractivity contribution in [3.05, 3.63) is 53.8 Å². The third-order valence-electron chi connectivity index (χ3n) is 4.49. The maximum atomic E-state index is 11.4. The summed E-state index contributed by atoms with van der Waals surface area (Å²) >= 11 is 0. The number of carbonyl (C=O) groups excluding carboxylic acids is 1. The SMILES string of the molecule is CCCCCCC/C=C/C(=C\C(N)=O)Oc1nc2ccccc2c(OC)c1C. The lowest BCUT2D eigenvalue weighted by molar-refractivity contribution is -0.113. The molecule has 5 heteroatoms. The van der Waals surface area contributed by atoms with Crippen LogP contribution in [-0.4, -0.2) is 18.0 Å². The molecule has 1 aromatic heterocycles. The quantitative estimate of drug-likeness (QED) is 0.250. The Morgan fingerprint density at radius 2 is 1.93 bits per heavy atom. The van der Waals surface area contributed by atoms with Gasteiger partial charge in [-0.2, -0.15) is 0 Å². The van der Waals surface area contributed by atoms with E-state index in [0.29, 0.717) is 17.4 Å². The topological polar surface area (TPSA) is 74.4 Å². The molecule has 0 aliphatic carbocycles. The number of benzene rings is 1. The van der Waals surface area contributed by atoms with Crippen LogP contribution in [0.1, 0.15) is 51.0 Å². The number of methoxy groups -OCH3 is 1. The van der Waals surface area contributed by atoms with Gasteiger partial charge in [0.15, 0.2) is 0 Å². The molecule has 0 aliphatic rings. The molecule has 0 bridgehead atoms. The minimum atomic E-state index is -0.562. The Balaban J connectivity index is 2.18. The highest BCUT2D eigenvalue weighted by Crippen LogP contribution is 2.34. The summed E-state index contributed by atoms with van der Waals surface area (Å²) < 4.78 is 11.5. The van der Waals surface area contributed by atoms with E-state index in [2.05, 4.69) is 11.9 Å². The minimum absolute atomic E-state index is 0.369. The van der Waals surface area contributed by atoms with Crippen LogP contribution in [0.2, 0.25) is 0 Å². The van der Waals surface area contributed by atoms with E-state index in [0.717, 1.165) is 29.3 Å². The van der Waals surface area contributed by atoms with E-state index in [1.807, 2.05) is 37.3 Å². The number of aromatic nitrogens is 1. The summed E-state index contributed by atoms with van der Waals surface area (Å²) in [6.07, 6.45) is 12.1. The third-order valence-corrected chi connectivity index (χ3v) is 4.49. The van der Waals surface area contributed by atoms with Gasteiger partial charge in [0, 0.05) is 11.5 Å². The van der Waals surface area contributed by atoms with Gasteiger partial charge in [0.25, 0.3) is 0 Å². The summed E-state index contributed by atoms with van der Waals surface area (Å²) in [4.78, 5) is 16.0. The second-order valence-electron chi connectivity index (χ2n) is 6.75. The lowest BCUT2D eigenvalue weighted by atomic mass is 10.1. The zero-order valence-electron chi connectivity index (χ0n) is 17.0. The van der Waals surface area contributed by atoms with E-state index in [9.17, 15) is 4.79 Å². The first-order valence-corrected chi connectivity index (χ1v) is 9.85. The zero-order valence-corrected chi connectivity index (χ0v) is 17.0. The lowest BCUT2D eigenvalue weighted by Gasteiger charge is -2.14. The van der Waals surface area contributed by atoms with Crippen molar-refractivity contribution >= 4 is 16.8 Å². The van der Waals surface area contributed by atoms with Gasteiger partial charge in [0.1, 0.15) is 11.5 Å². The van der Waals surface area contributed by atoms with Crippen LogP contribution < -0.4 is 15.2 Å². The number of rotatable bonds is 11. The first kappa shape index (κ1) is 21.5. The van der Waals surface area contributed by atoms with Gasteiger partial charge in [0.05, 0.1) is 18.2 Å². The van der Waals surface area contributed by atoms with Crippen LogP contribution in [0, 0.1) is 6.92 Å². The Hall–Kier alpha value is -2.82. The lowest BCUT2D eigenvalue weighted by Crippen LogP contribution is -2.09. The van der Waals surface area contributed by atoms with Crippen molar-refractivity contribution in [2.24, 2.45) is 5.73 Å². The largest absolute Gasteiger partial charge is 0.496 e. The van der Waals surface area contributed by atoms with Crippen LogP contribution in [0.25, 0.3) is 10.9 Å². The molecule has 0 unspecified atom stereocenters. The smallest absolute Gasteiger partial charge is 0.245 e. The number of nitrogens with two attached hydrogens (primary N) is 1. The Labute approximate surface area is 167 Å². The molecule has 2 rings (SSSR count). The second-order valence-corrected chi connectivity index (χ2v) is 6.75. The number of carbonyl (C=O) groups is 1. The van der Waals surface area contributed by atoms with Gasteiger partial charge >= 0.3 is 0 Å². The molecule has 0 saturated carbocycles. The summed E-state index contributed by atoms with van der Waals surface area (Å²) in [7, 11) is 1.62. The highest BCUT2D eigenvalue weighted by atomic mass is 16.5. The highest BCUT2D eigenvalue weighted by molar-refractivity contribution is 5.88. The van der Waals surface area contributed by atoms with Crippen LogP contribution in [-0.2, 0) is 4.79 Å². The Morgan fingerprint density at radius 3 is 2.64 bits per heavy atom. The average Bonchev–Trinajstić information content (AvgIpc) is 2.67. The third kappa shape index (κ3) is 6.12. The van der Waals surface area contributed by atoms with Crippen molar-refractivity contribution in [3.63, 3.8) is 0 Å². The molecule has 2 aromatic rings. The van der Waals surface area contributed by atoms with Gasteiger partial charge in [-0.1, -0.05) is 50.8 Å². The fourth-order valence-corrected chi connectivity index (χ4v) is 3.05. The summed E-state index contributed by atoms with van der Waals surface area (Å²) in [5, 5.41) is 0.915. The molecule has 0 aliphatic heterocycles. The van der Waals surface area contributed by atoms with Crippen LogP contribution in [0.15, 0.2) is 48.3 Å². The van der Waals surface area contributed by atoms with Gasteiger partial charge in [-0.25, -0.2) is 4.98 Å². The maximum Gasteiger partial charge on any atom is 0.245 e. The standard InChI is InChI=1S/C23H30N2O3/c1-4-5-6-7-8-9-10-13-18(16-21(24)26)28-23-17(2)22(27-3)19-14-11-12-15-20(19)25-23/h10-16H,4-9H2,1-3H3,(H2,24,26)/b13-10+,18-16+. The summed E-state index contributed by atoms with van der Waals surface area (Å²) in [5.74, 6) is 0.913. The number of ether oxygens (including phenoxy) is 2. The molecule has 0 saturated heterocycles. The van der Waals surface area contributed by atoms with Crippen molar-refractivity contribution in [1.82, 2.24) is 4.98 Å². The molecule has 5 nitrogen and oxygen atoms in total. The number of para-hydroxylation sites is 1. The van der Waals surface area contributed by atoms with Crippen molar-refractivity contribution in [1.29, 1.82) is 0 Å². The second kappa shape index (κ2) is 11.1. The van der Waals surface area contributed by atoms with Gasteiger partial charge < -0.3 is 15.2 Å². The summed E-state index contributed by atoms with van der Waals surface area (Å²) in [5.41, 5.74) is 6.87. The van der Waals surface area contributed by atoms with Gasteiger partial charge in [0.2, 0.25) is 11.8 Å². The molecule has 0 fully saturated rings. The molecule has 1 amide bonds. The Kier molecular flexibility index (Phi) is 8.53. The van der Waals surface area contributed by atoms with Crippen LogP contribution in [0.5, 0.6) is 11.6 Å². The predicted molar refractivity (Wildman–Crippen MR) is 113 cm³/mol. The van der Waals surface area contributed by atoms with E-state index in [1.165, 1.54) is 31.8 Å². The van der Waals surface area contributed by atoms with Crippen LogP contribution in [0.4, 0.5) is 0 Å². The van der Waals surface area contributed by atoms with E-state index < -0.39 is 5.91 Å². The van der Waals surface area contributed by atoms with E-state index in [1.54, 1.807) is 13.2 Å². The highest BCUT2D eigenvalue weighted by Gasteiger charge is 2.14. The average molecular weight is 383 g/mol. The number of nitrogens with zero attached hydrogens (tertiary/aromatic N) is 1. The number of unbranched alkanes of at least 4 members (excludes halogenated alkanes) is 5. The molecular weight excluding hydrogens is 352 g/mol. The fraction of sp³-hybridized carbons (Fsp3) is 0.391.